The number of alkyl carbamates (subject to hydrolysis) is 1. The maximum Gasteiger partial charge on any atom is 0.407 e. The number of nitrogens with zero attached hydrogens (tertiary/aromatic N) is 2. The molecule has 1 aliphatic carbocycles. The Hall–Kier alpha value is -1.93. The zero-order chi connectivity index (χ0) is 18.6. The quantitative estimate of drug-likeness (QED) is 0.859. The molecule has 1 aromatic carbocycles. The minimum absolute atomic E-state index is 0.157. The van der Waals surface area contributed by atoms with Crippen molar-refractivity contribution in [2.45, 2.75) is 64.1 Å². The van der Waals surface area contributed by atoms with Crippen LogP contribution in [0.15, 0.2) is 18.2 Å². The maximum absolute atomic E-state index is 11.9. The monoisotopic (exact) mass is 363 g/mol. The molecule has 136 valence electrons. The average molecular weight is 364 g/mol. The van der Waals surface area contributed by atoms with E-state index in [-0.39, 0.29) is 12.1 Å². The summed E-state index contributed by atoms with van der Waals surface area (Å²) in [5.74, 6) is 0. The summed E-state index contributed by atoms with van der Waals surface area (Å²) in [6.45, 7) is 5.59. The molecule has 0 aromatic heterocycles. The van der Waals surface area contributed by atoms with Crippen LogP contribution in [-0.4, -0.2) is 30.8 Å². The van der Waals surface area contributed by atoms with Gasteiger partial charge in [-0.1, -0.05) is 11.6 Å². The Labute approximate surface area is 154 Å². The maximum atomic E-state index is 11.9. The van der Waals surface area contributed by atoms with Crippen molar-refractivity contribution < 1.29 is 9.53 Å². The van der Waals surface area contributed by atoms with Crippen molar-refractivity contribution in [2.24, 2.45) is 0 Å². The molecule has 0 saturated heterocycles. The Bertz CT molecular complexity index is 656. The van der Waals surface area contributed by atoms with Crippen LogP contribution in [0.5, 0.6) is 0 Å². The van der Waals surface area contributed by atoms with Crippen LogP contribution < -0.4 is 10.2 Å². The third-order valence-electron chi connectivity index (χ3n) is 4.45. The highest BCUT2D eigenvalue weighted by Crippen LogP contribution is 2.29. The molecule has 0 unspecified atom stereocenters. The molecule has 1 aliphatic rings. The summed E-state index contributed by atoms with van der Waals surface area (Å²) in [7, 11) is 2.05. The van der Waals surface area contributed by atoms with E-state index in [0.717, 1.165) is 31.4 Å². The van der Waals surface area contributed by atoms with Gasteiger partial charge in [-0.15, -0.1) is 0 Å². The minimum atomic E-state index is -0.476. The van der Waals surface area contributed by atoms with Crippen molar-refractivity contribution in [2.75, 3.05) is 11.9 Å². The van der Waals surface area contributed by atoms with Gasteiger partial charge in [-0.25, -0.2) is 4.79 Å². The fourth-order valence-electron chi connectivity index (χ4n) is 3.11. The lowest BCUT2D eigenvalue weighted by molar-refractivity contribution is 0.0491. The minimum Gasteiger partial charge on any atom is -0.444 e. The third kappa shape index (κ3) is 5.54. The lowest BCUT2D eigenvalue weighted by Gasteiger charge is -2.36. The number of ether oxygens (including phenoxy) is 1. The Balaban J connectivity index is 1.88. The SMILES string of the molecule is CN(c1ccc(C#N)c(Cl)c1)C1CCC(NC(=O)OC(C)(C)C)CC1. The molecule has 1 saturated carbocycles. The van der Waals surface area contributed by atoms with E-state index in [2.05, 4.69) is 16.3 Å². The summed E-state index contributed by atoms with van der Waals surface area (Å²) in [6.07, 6.45) is 3.45. The highest BCUT2D eigenvalue weighted by Gasteiger charge is 2.27. The molecule has 6 heteroatoms. The van der Waals surface area contributed by atoms with Gasteiger partial charge in [0.25, 0.3) is 0 Å². The number of anilines is 1. The second-order valence-electron chi connectivity index (χ2n) is 7.54. The lowest BCUT2D eigenvalue weighted by atomic mass is 9.90. The molecular weight excluding hydrogens is 338 g/mol. The van der Waals surface area contributed by atoms with Crippen LogP contribution in [0.2, 0.25) is 5.02 Å². The van der Waals surface area contributed by atoms with E-state index >= 15 is 0 Å². The molecular formula is C19H26ClN3O2. The standard InChI is InChI=1S/C19H26ClN3O2/c1-19(2,3)25-18(24)22-14-6-9-15(10-7-14)23(4)16-8-5-13(12-21)17(20)11-16/h5,8,11,14-15H,6-7,9-10H2,1-4H3,(H,22,24). The molecule has 1 N–H and O–H groups in total. The van der Waals surface area contributed by atoms with Crippen LogP contribution in [0.1, 0.15) is 52.0 Å². The van der Waals surface area contributed by atoms with Crippen LogP contribution in [0.4, 0.5) is 10.5 Å². The van der Waals surface area contributed by atoms with E-state index in [0.29, 0.717) is 16.6 Å². The first-order valence-electron chi connectivity index (χ1n) is 8.61. The van der Waals surface area contributed by atoms with Gasteiger partial charge in [-0.3, -0.25) is 0 Å². The van der Waals surface area contributed by atoms with E-state index in [1.807, 2.05) is 40.0 Å². The van der Waals surface area contributed by atoms with Crippen molar-refractivity contribution in [1.82, 2.24) is 5.32 Å². The molecule has 1 amide bonds. The number of carbonyl (C=O) groups excluding carboxylic acids is 1. The van der Waals surface area contributed by atoms with Crippen molar-refractivity contribution >= 4 is 23.4 Å². The number of amides is 1. The van der Waals surface area contributed by atoms with Gasteiger partial charge in [0.2, 0.25) is 0 Å². The summed E-state index contributed by atoms with van der Waals surface area (Å²) in [4.78, 5) is 14.1. The molecule has 0 aliphatic heterocycles. The van der Waals surface area contributed by atoms with Gasteiger partial charge in [0, 0.05) is 24.8 Å². The molecule has 25 heavy (non-hydrogen) atoms. The zero-order valence-corrected chi connectivity index (χ0v) is 16.1. The fraction of sp³-hybridized carbons (Fsp3) is 0.579. The van der Waals surface area contributed by atoms with Gasteiger partial charge in [-0.2, -0.15) is 5.26 Å². The Morgan fingerprint density at radius 2 is 1.96 bits per heavy atom. The van der Waals surface area contributed by atoms with Gasteiger partial charge < -0.3 is 15.0 Å². The number of rotatable bonds is 3. The number of nitriles is 1. The van der Waals surface area contributed by atoms with Gasteiger partial charge in [0.15, 0.2) is 0 Å². The molecule has 0 radical (unpaired) electrons. The first-order chi connectivity index (χ1) is 11.7. The van der Waals surface area contributed by atoms with E-state index < -0.39 is 5.60 Å². The van der Waals surface area contributed by atoms with Crippen molar-refractivity contribution in [3.05, 3.63) is 28.8 Å². The van der Waals surface area contributed by atoms with Crippen molar-refractivity contribution in [3.8, 4) is 6.07 Å². The summed E-state index contributed by atoms with van der Waals surface area (Å²) in [5.41, 5.74) is 1.02. The molecule has 1 aromatic rings. The summed E-state index contributed by atoms with van der Waals surface area (Å²) >= 11 is 6.14. The average Bonchev–Trinajstić information content (AvgIpc) is 2.53. The fourth-order valence-corrected chi connectivity index (χ4v) is 3.32. The molecule has 2 rings (SSSR count). The lowest BCUT2D eigenvalue weighted by Crippen LogP contribution is -2.44. The smallest absolute Gasteiger partial charge is 0.407 e. The van der Waals surface area contributed by atoms with Crippen LogP contribution in [0, 0.1) is 11.3 Å². The Morgan fingerprint density at radius 3 is 2.48 bits per heavy atom. The highest BCUT2D eigenvalue weighted by atomic mass is 35.5. The third-order valence-corrected chi connectivity index (χ3v) is 4.76. The number of nitrogens with one attached hydrogen (secondary N) is 1. The second kappa shape index (κ2) is 7.97. The summed E-state index contributed by atoms with van der Waals surface area (Å²) in [5, 5.41) is 12.4. The summed E-state index contributed by atoms with van der Waals surface area (Å²) < 4.78 is 5.32. The molecule has 5 nitrogen and oxygen atoms in total. The van der Waals surface area contributed by atoms with Gasteiger partial charge in [0.1, 0.15) is 11.7 Å². The normalized spacial score (nSPS) is 20.5. The molecule has 0 spiro atoms. The van der Waals surface area contributed by atoms with E-state index in [9.17, 15) is 4.79 Å². The van der Waals surface area contributed by atoms with E-state index in [1.165, 1.54) is 0 Å². The first-order valence-corrected chi connectivity index (χ1v) is 8.99. The van der Waals surface area contributed by atoms with E-state index in [4.69, 9.17) is 21.6 Å². The number of halogens is 1. The van der Waals surface area contributed by atoms with Crippen molar-refractivity contribution in [3.63, 3.8) is 0 Å². The van der Waals surface area contributed by atoms with Crippen LogP contribution >= 0.6 is 11.6 Å². The van der Waals surface area contributed by atoms with Gasteiger partial charge >= 0.3 is 6.09 Å². The predicted octanol–water partition coefficient (Wildman–Crippen LogP) is 4.48. The zero-order valence-electron chi connectivity index (χ0n) is 15.3. The summed E-state index contributed by atoms with van der Waals surface area (Å²) in [6, 6.07) is 8.14. The second-order valence-corrected chi connectivity index (χ2v) is 7.95. The Morgan fingerprint density at radius 1 is 1.32 bits per heavy atom. The van der Waals surface area contributed by atoms with E-state index in [1.54, 1.807) is 6.07 Å². The van der Waals surface area contributed by atoms with Gasteiger partial charge in [0.05, 0.1) is 10.6 Å². The van der Waals surface area contributed by atoms with Crippen LogP contribution in [0.25, 0.3) is 0 Å². The number of hydrogen-bond donors (Lipinski definition) is 1. The molecule has 1 fully saturated rings. The molecule has 0 heterocycles. The molecule has 0 bridgehead atoms. The molecule has 0 atom stereocenters. The number of hydrogen-bond acceptors (Lipinski definition) is 4. The topological polar surface area (TPSA) is 65.4 Å². The van der Waals surface area contributed by atoms with Crippen molar-refractivity contribution in [1.29, 1.82) is 5.26 Å². The predicted molar refractivity (Wildman–Crippen MR) is 100.0 cm³/mol. The number of carbonyl (C=O) groups is 1. The van der Waals surface area contributed by atoms with Crippen LogP contribution in [0.3, 0.4) is 0 Å². The Kier molecular flexibility index (Phi) is 6.18. The first kappa shape index (κ1) is 19.4. The number of benzene rings is 1. The highest BCUT2D eigenvalue weighted by molar-refractivity contribution is 6.32. The van der Waals surface area contributed by atoms with Gasteiger partial charge in [-0.05, 0) is 64.7 Å². The largest absolute Gasteiger partial charge is 0.444 e. The van der Waals surface area contributed by atoms with Crippen LogP contribution in [-0.2, 0) is 4.74 Å².